The van der Waals surface area contributed by atoms with Crippen molar-refractivity contribution in [2.24, 2.45) is 11.8 Å². The first-order valence-corrected chi connectivity index (χ1v) is 7.30. The lowest BCUT2D eigenvalue weighted by Crippen LogP contribution is -2.34. The number of carbonyl (C=O) groups excluding carboxylic acids is 1. The smallest absolute Gasteiger partial charge is 0.308 e. The van der Waals surface area contributed by atoms with E-state index in [1.165, 1.54) is 4.90 Å². The highest BCUT2D eigenvalue weighted by molar-refractivity contribution is 5.95. The first-order chi connectivity index (χ1) is 9.77. The zero-order valence-corrected chi connectivity index (χ0v) is 13.5. The van der Waals surface area contributed by atoms with Gasteiger partial charge in [0, 0.05) is 20.1 Å². The minimum atomic E-state index is -0.902. The molecule has 0 saturated heterocycles. The molecular formula is C15H25N3O3. The molecule has 0 aromatic carbocycles. The monoisotopic (exact) mass is 295 g/mol. The van der Waals surface area contributed by atoms with Crippen LogP contribution >= 0.6 is 0 Å². The molecule has 1 unspecified atom stereocenters. The fraction of sp³-hybridized carbons (Fsp3) is 0.667. The predicted molar refractivity (Wildman–Crippen MR) is 80.2 cm³/mol. The molecule has 0 aliphatic rings. The van der Waals surface area contributed by atoms with Crippen LogP contribution in [-0.4, -0.2) is 45.3 Å². The molecule has 118 valence electrons. The molecule has 1 atom stereocenters. The Labute approximate surface area is 125 Å². The maximum absolute atomic E-state index is 12.5. The molecule has 6 heteroatoms. The number of hydrogen-bond acceptors (Lipinski definition) is 3. The Kier molecular flexibility index (Phi) is 5.93. The molecule has 1 rings (SSSR count). The molecule has 1 aromatic heterocycles. The zero-order chi connectivity index (χ0) is 16.2. The van der Waals surface area contributed by atoms with Crippen LogP contribution in [0.3, 0.4) is 0 Å². The Morgan fingerprint density at radius 1 is 1.38 bits per heavy atom. The lowest BCUT2D eigenvalue weighted by molar-refractivity contribution is -0.141. The van der Waals surface area contributed by atoms with Gasteiger partial charge in [0.2, 0.25) is 0 Å². The average Bonchev–Trinajstić information content (AvgIpc) is 2.79. The van der Waals surface area contributed by atoms with Crippen LogP contribution in [0.4, 0.5) is 0 Å². The number of rotatable bonds is 7. The summed E-state index contributed by atoms with van der Waals surface area (Å²) in [6.07, 6.45) is 2.31. The van der Waals surface area contributed by atoms with Gasteiger partial charge < -0.3 is 10.0 Å². The van der Waals surface area contributed by atoms with Crippen molar-refractivity contribution in [3.05, 3.63) is 17.5 Å². The van der Waals surface area contributed by atoms with Gasteiger partial charge in [0.15, 0.2) is 0 Å². The van der Waals surface area contributed by atoms with Crippen LogP contribution in [-0.2, 0) is 17.8 Å². The molecular weight excluding hydrogens is 270 g/mol. The van der Waals surface area contributed by atoms with Gasteiger partial charge in [0.25, 0.3) is 5.91 Å². The van der Waals surface area contributed by atoms with Crippen LogP contribution in [0, 0.1) is 11.8 Å². The summed E-state index contributed by atoms with van der Waals surface area (Å²) in [4.78, 5) is 24.8. The average molecular weight is 295 g/mol. The van der Waals surface area contributed by atoms with Crippen LogP contribution in [0.5, 0.6) is 0 Å². The third-order valence-corrected chi connectivity index (χ3v) is 3.37. The van der Waals surface area contributed by atoms with Crippen LogP contribution in [0.2, 0.25) is 0 Å². The van der Waals surface area contributed by atoms with E-state index in [0.29, 0.717) is 11.5 Å². The normalized spacial score (nSPS) is 12.5. The second-order valence-corrected chi connectivity index (χ2v) is 5.86. The molecule has 1 amide bonds. The number of hydrogen-bond donors (Lipinski definition) is 1. The van der Waals surface area contributed by atoms with Gasteiger partial charge in [-0.3, -0.25) is 14.3 Å². The SMILES string of the molecule is CCc1c(C(=O)N(C)CC(C)C(=O)O)cnn1CC(C)C. The molecule has 6 nitrogen and oxygen atoms in total. The van der Waals surface area contributed by atoms with Crippen LogP contribution in [0.25, 0.3) is 0 Å². The lowest BCUT2D eigenvalue weighted by Gasteiger charge is -2.19. The van der Waals surface area contributed by atoms with Gasteiger partial charge in [-0.1, -0.05) is 27.7 Å². The number of carboxylic acids is 1. The Morgan fingerprint density at radius 3 is 2.48 bits per heavy atom. The Balaban J connectivity index is 2.91. The van der Waals surface area contributed by atoms with Gasteiger partial charge in [-0.25, -0.2) is 0 Å². The Morgan fingerprint density at radius 2 is 2.00 bits per heavy atom. The highest BCUT2D eigenvalue weighted by atomic mass is 16.4. The van der Waals surface area contributed by atoms with Crippen molar-refractivity contribution in [3.63, 3.8) is 0 Å². The van der Waals surface area contributed by atoms with E-state index in [1.807, 2.05) is 11.6 Å². The first kappa shape index (κ1) is 17.2. The van der Waals surface area contributed by atoms with Crippen LogP contribution in [0.15, 0.2) is 6.20 Å². The summed E-state index contributed by atoms with van der Waals surface area (Å²) in [5.41, 5.74) is 1.47. The maximum Gasteiger partial charge on any atom is 0.308 e. The van der Waals surface area contributed by atoms with E-state index in [0.717, 1.165) is 18.7 Å². The summed E-state index contributed by atoms with van der Waals surface area (Å²) in [6.45, 7) is 8.74. The molecule has 1 N–H and O–H groups in total. The van der Waals surface area contributed by atoms with E-state index >= 15 is 0 Å². The summed E-state index contributed by atoms with van der Waals surface area (Å²) in [5.74, 6) is -1.21. The van der Waals surface area contributed by atoms with Crippen molar-refractivity contribution < 1.29 is 14.7 Å². The minimum Gasteiger partial charge on any atom is -0.481 e. The highest BCUT2D eigenvalue weighted by Gasteiger charge is 2.22. The number of carboxylic acid groups (broad SMARTS) is 1. The number of nitrogens with zero attached hydrogens (tertiary/aromatic N) is 3. The van der Waals surface area contributed by atoms with Gasteiger partial charge in [0.05, 0.1) is 23.4 Å². The molecule has 0 spiro atoms. The highest BCUT2D eigenvalue weighted by Crippen LogP contribution is 2.14. The molecule has 21 heavy (non-hydrogen) atoms. The van der Waals surface area contributed by atoms with Crippen molar-refractivity contribution in [1.82, 2.24) is 14.7 Å². The molecule has 1 heterocycles. The van der Waals surface area contributed by atoms with Crippen molar-refractivity contribution in [1.29, 1.82) is 0 Å². The summed E-state index contributed by atoms with van der Waals surface area (Å²) >= 11 is 0. The zero-order valence-electron chi connectivity index (χ0n) is 13.5. The van der Waals surface area contributed by atoms with E-state index in [2.05, 4.69) is 18.9 Å². The summed E-state index contributed by atoms with van der Waals surface area (Å²) in [6, 6.07) is 0. The molecule has 0 aliphatic heterocycles. The van der Waals surface area contributed by atoms with Crippen molar-refractivity contribution in [3.8, 4) is 0 Å². The second kappa shape index (κ2) is 7.24. The van der Waals surface area contributed by atoms with Gasteiger partial charge in [-0.2, -0.15) is 5.10 Å². The Bertz CT molecular complexity index is 508. The van der Waals surface area contributed by atoms with Crippen LogP contribution < -0.4 is 0 Å². The number of amides is 1. The van der Waals surface area contributed by atoms with Crippen molar-refractivity contribution in [2.45, 2.75) is 40.7 Å². The summed E-state index contributed by atoms with van der Waals surface area (Å²) < 4.78 is 1.87. The predicted octanol–water partition coefficient (Wildman–Crippen LogP) is 1.89. The number of carbonyl (C=O) groups is 2. The van der Waals surface area contributed by atoms with E-state index in [1.54, 1.807) is 20.2 Å². The first-order valence-electron chi connectivity index (χ1n) is 7.30. The van der Waals surface area contributed by atoms with Crippen molar-refractivity contribution >= 4 is 11.9 Å². The molecule has 1 aromatic rings. The fourth-order valence-electron chi connectivity index (χ4n) is 2.24. The topological polar surface area (TPSA) is 75.4 Å². The summed E-state index contributed by atoms with van der Waals surface area (Å²) in [7, 11) is 1.63. The molecule has 0 fully saturated rings. The van der Waals surface area contributed by atoms with E-state index in [-0.39, 0.29) is 12.5 Å². The lowest BCUT2D eigenvalue weighted by atomic mass is 10.1. The Hall–Kier alpha value is -1.85. The van der Waals surface area contributed by atoms with Gasteiger partial charge in [0.1, 0.15) is 0 Å². The van der Waals surface area contributed by atoms with Gasteiger partial charge in [-0.05, 0) is 12.3 Å². The van der Waals surface area contributed by atoms with Gasteiger partial charge >= 0.3 is 5.97 Å². The largest absolute Gasteiger partial charge is 0.481 e. The standard InChI is InChI=1S/C15H25N3O3/c1-6-13-12(7-16-18(13)8-10(2)3)14(19)17(5)9-11(4)15(20)21/h7,10-11H,6,8-9H2,1-5H3,(H,20,21). The van der Waals surface area contributed by atoms with Crippen molar-refractivity contribution in [2.75, 3.05) is 13.6 Å². The van der Waals surface area contributed by atoms with E-state index in [9.17, 15) is 9.59 Å². The number of aliphatic carboxylic acids is 1. The minimum absolute atomic E-state index is 0.171. The molecule has 0 aliphatic carbocycles. The fourth-order valence-corrected chi connectivity index (χ4v) is 2.24. The van der Waals surface area contributed by atoms with E-state index in [4.69, 9.17) is 5.11 Å². The van der Waals surface area contributed by atoms with Crippen LogP contribution in [0.1, 0.15) is 43.7 Å². The van der Waals surface area contributed by atoms with E-state index < -0.39 is 11.9 Å². The molecule has 0 saturated carbocycles. The number of aromatic nitrogens is 2. The van der Waals surface area contributed by atoms with Gasteiger partial charge in [-0.15, -0.1) is 0 Å². The second-order valence-electron chi connectivity index (χ2n) is 5.86. The quantitative estimate of drug-likeness (QED) is 0.833. The molecule has 0 bridgehead atoms. The third-order valence-electron chi connectivity index (χ3n) is 3.37. The third kappa shape index (κ3) is 4.31. The maximum atomic E-state index is 12.5. The summed E-state index contributed by atoms with van der Waals surface area (Å²) in [5, 5.41) is 13.2. The molecule has 0 radical (unpaired) electrons.